The molecule has 1 saturated heterocycles. The number of sulfonamides is 1. The lowest BCUT2D eigenvalue weighted by Gasteiger charge is -2.39. The lowest BCUT2D eigenvalue weighted by molar-refractivity contribution is -0.134. The van der Waals surface area contributed by atoms with E-state index < -0.39 is 15.6 Å². The maximum absolute atomic E-state index is 12.7. The molecule has 3 N–H and O–H groups in total. The number of anilines is 1. The van der Waals surface area contributed by atoms with E-state index in [1.165, 1.54) is 12.1 Å². The minimum absolute atomic E-state index is 0.0246. The molecule has 0 unspecified atom stereocenters. The number of amides is 1. The number of benzene rings is 2. The van der Waals surface area contributed by atoms with E-state index in [4.69, 9.17) is 9.88 Å². The highest BCUT2D eigenvalue weighted by Gasteiger charge is 2.33. The Labute approximate surface area is 202 Å². The first kappa shape index (κ1) is 26.0. The van der Waals surface area contributed by atoms with E-state index in [1.54, 1.807) is 17.0 Å². The van der Waals surface area contributed by atoms with Crippen molar-refractivity contribution in [3.05, 3.63) is 54.1 Å². The number of hydrogen-bond donors (Lipinski definition) is 2. The number of carbonyl (C=O) groups is 1. The Hall–Kier alpha value is -2.62. The number of likely N-dealkylation sites (tertiary alicyclic amines) is 1. The van der Waals surface area contributed by atoms with Crippen molar-refractivity contribution in [3.63, 3.8) is 0 Å². The van der Waals surface area contributed by atoms with Crippen LogP contribution in [0.2, 0.25) is 0 Å². The zero-order valence-electron chi connectivity index (χ0n) is 20.1. The van der Waals surface area contributed by atoms with E-state index in [2.05, 4.69) is 4.90 Å². The second-order valence-corrected chi connectivity index (χ2v) is 10.9. The van der Waals surface area contributed by atoms with E-state index in [0.29, 0.717) is 38.9 Å². The van der Waals surface area contributed by atoms with E-state index in [1.807, 2.05) is 45.2 Å². The third kappa shape index (κ3) is 7.19. The van der Waals surface area contributed by atoms with Gasteiger partial charge in [-0.3, -0.25) is 4.79 Å². The molecule has 2 aromatic carbocycles. The summed E-state index contributed by atoms with van der Waals surface area (Å²) in [5.41, 5.74) is 0.980. The molecule has 1 aliphatic rings. The summed E-state index contributed by atoms with van der Waals surface area (Å²) in [6.45, 7) is 5.68. The number of piperidine rings is 1. The molecule has 1 heterocycles. The van der Waals surface area contributed by atoms with Crippen molar-refractivity contribution in [3.8, 4) is 5.75 Å². The normalized spacial score (nSPS) is 15.9. The van der Waals surface area contributed by atoms with E-state index in [0.717, 1.165) is 17.0 Å². The van der Waals surface area contributed by atoms with Crippen molar-refractivity contribution in [2.75, 3.05) is 31.6 Å². The number of nitrogens with zero attached hydrogens (tertiary/aromatic N) is 2. The third-order valence-electron chi connectivity index (χ3n) is 6.22. The van der Waals surface area contributed by atoms with E-state index in [9.17, 15) is 18.3 Å². The van der Waals surface area contributed by atoms with Gasteiger partial charge in [0.05, 0.1) is 23.0 Å². The number of ether oxygens (including phenoxy) is 1. The lowest BCUT2D eigenvalue weighted by atomic mass is 9.87. The van der Waals surface area contributed by atoms with Crippen molar-refractivity contribution in [1.82, 2.24) is 4.90 Å². The molecular weight excluding hydrogens is 454 g/mol. The minimum atomic E-state index is -3.75. The maximum atomic E-state index is 12.7. The Morgan fingerprint density at radius 3 is 2.24 bits per heavy atom. The van der Waals surface area contributed by atoms with Crippen LogP contribution < -0.4 is 14.8 Å². The number of nitrogens with two attached hydrogens (primary N) is 1. The van der Waals surface area contributed by atoms with E-state index in [-0.39, 0.29) is 23.3 Å². The fourth-order valence-corrected chi connectivity index (χ4v) is 4.58. The van der Waals surface area contributed by atoms with Gasteiger partial charge in [-0.2, -0.15) is 0 Å². The minimum Gasteiger partial charge on any atom is -0.491 e. The number of hydrogen-bond acceptors (Lipinski definition) is 6. The Morgan fingerprint density at radius 2 is 1.71 bits per heavy atom. The molecule has 2 aromatic rings. The van der Waals surface area contributed by atoms with Gasteiger partial charge in [0.2, 0.25) is 15.9 Å². The van der Waals surface area contributed by atoms with Gasteiger partial charge in [-0.1, -0.05) is 12.1 Å². The summed E-state index contributed by atoms with van der Waals surface area (Å²) in [5, 5.41) is 16.2. The average Bonchev–Trinajstić information content (AvgIpc) is 2.78. The van der Waals surface area contributed by atoms with Crippen molar-refractivity contribution >= 4 is 21.6 Å². The van der Waals surface area contributed by atoms with Gasteiger partial charge >= 0.3 is 0 Å². The second-order valence-electron chi connectivity index (χ2n) is 9.30. The molecule has 9 heteroatoms. The predicted molar refractivity (Wildman–Crippen MR) is 132 cm³/mol. The van der Waals surface area contributed by atoms with Crippen LogP contribution in [0.1, 0.15) is 38.7 Å². The zero-order valence-corrected chi connectivity index (χ0v) is 20.9. The summed E-state index contributed by atoms with van der Waals surface area (Å²) in [7, 11) is -1.75. The van der Waals surface area contributed by atoms with Crippen LogP contribution in [0, 0.1) is 0 Å². The summed E-state index contributed by atoms with van der Waals surface area (Å²) in [4.78, 5) is 16.6. The van der Waals surface area contributed by atoms with Gasteiger partial charge in [0, 0.05) is 32.4 Å². The van der Waals surface area contributed by atoms with Gasteiger partial charge in [-0.15, -0.1) is 0 Å². The molecule has 1 aliphatic heterocycles. The molecule has 3 rings (SSSR count). The first-order valence-electron chi connectivity index (χ1n) is 11.5. The Kier molecular flexibility index (Phi) is 8.22. The maximum Gasteiger partial charge on any atom is 0.238 e. The zero-order chi connectivity index (χ0) is 24.9. The van der Waals surface area contributed by atoms with Crippen molar-refractivity contribution in [2.24, 2.45) is 5.14 Å². The van der Waals surface area contributed by atoms with Crippen LogP contribution in [0.4, 0.5) is 5.69 Å². The second kappa shape index (κ2) is 10.8. The molecule has 186 valence electrons. The Bertz CT molecular complexity index is 1060. The molecule has 1 amide bonds. The third-order valence-corrected chi connectivity index (χ3v) is 7.15. The van der Waals surface area contributed by atoms with Gasteiger partial charge in [-0.05, 0) is 75.1 Å². The molecule has 0 spiro atoms. The van der Waals surface area contributed by atoms with Gasteiger partial charge in [-0.25, -0.2) is 13.6 Å². The first-order chi connectivity index (χ1) is 15.9. The van der Waals surface area contributed by atoms with Crippen LogP contribution in [0.5, 0.6) is 5.75 Å². The van der Waals surface area contributed by atoms with Crippen LogP contribution >= 0.6 is 0 Å². The number of carbonyl (C=O) groups excluding carboxylic acids is 1. The number of rotatable bonds is 9. The van der Waals surface area contributed by atoms with Gasteiger partial charge in [0.15, 0.2) is 0 Å². The predicted octanol–water partition coefficient (Wildman–Crippen LogP) is 2.54. The molecule has 0 radical (unpaired) electrons. The van der Waals surface area contributed by atoms with Crippen LogP contribution in [-0.4, -0.2) is 62.7 Å². The molecule has 0 aromatic heterocycles. The summed E-state index contributed by atoms with van der Waals surface area (Å²) in [6, 6.07) is 14.0. The van der Waals surface area contributed by atoms with Crippen LogP contribution in [0.15, 0.2) is 53.4 Å². The molecule has 0 bridgehead atoms. The molecule has 0 saturated carbocycles. The topological polar surface area (TPSA) is 113 Å². The SMILES string of the molecule is CC(C)Oc1ccc(N(C)CCC2(O)CCN(C(=O)Cc3ccc(S(N)(=O)=O)cc3)CC2)cc1. The average molecular weight is 490 g/mol. The molecule has 0 atom stereocenters. The van der Waals surface area contributed by atoms with Gasteiger partial charge < -0.3 is 19.6 Å². The van der Waals surface area contributed by atoms with Crippen LogP contribution in [0.25, 0.3) is 0 Å². The monoisotopic (exact) mass is 489 g/mol. The quantitative estimate of drug-likeness (QED) is 0.560. The van der Waals surface area contributed by atoms with Gasteiger partial charge in [0.25, 0.3) is 0 Å². The highest BCUT2D eigenvalue weighted by Crippen LogP contribution is 2.28. The Morgan fingerprint density at radius 1 is 1.12 bits per heavy atom. The van der Waals surface area contributed by atoms with Crippen LogP contribution in [-0.2, 0) is 21.2 Å². The summed E-state index contributed by atoms with van der Waals surface area (Å²) < 4.78 is 28.4. The Balaban J connectivity index is 1.46. The summed E-state index contributed by atoms with van der Waals surface area (Å²) >= 11 is 0. The fraction of sp³-hybridized carbons (Fsp3) is 0.480. The molecule has 1 fully saturated rings. The summed E-state index contributed by atoms with van der Waals surface area (Å²) in [5.74, 6) is 0.800. The largest absolute Gasteiger partial charge is 0.491 e. The molecule has 0 aliphatic carbocycles. The smallest absolute Gasteiger partial charge is 0.238 e. The van der Waals surface area contributed by atoms with Gasteiger partial charge in [0.1, 0.15) is 5.75 Å². The summed E-state index contributed by atoms with van der Waals surface area (Å²) in [6.07, 6.45) is 1.98. The van der Waals surface area contributed by atoms with Crippen LogP contribution in [0.3, 0.4) is 0 Å². The van der Waals surface area contributed by atoms with Crippen molar-refractivity contribution in [1.29, 1.82) is 0 Å². The highest BCUT2D eigenvalue weighted by atomic mass is 32.2. The number of primary sulfonamides is 1. The standard InChI is InChI=1S/C25H35N3O5S/c1-19(2)33-22-8-6-21(7-9-22)27(3)15-12-25(30)13-16-28(17-14-25)24(29)18-20-4-10-23(11-5-20)34(26,31)32/h4-11,19,30H,12-18H2,1-3H3,(H2,26,31,32). The first-order valence-corrected chi connectivity index (χ1v) is 13.1. The van der Waals surface area contributed by atoms with Crippen molar-refractivity contribution < 1.29 is 23.1 Å². The highest BCUT2D eigenvalue weighted by molar-refractivity contribution is 7.89. The number of aliphatic hydroxyl groups is 1. The molecule has 34 heavy (non-hydrogen) atoms. The van der Waals surface area contributed by atoms with Crippen molar-refractivity contribution in [2.45, 2.75) is 56.1 Å². The molecule has 8 nitrogen and oxygen atoms in total. The fourth-order valence-electron chi connectivity index (χ4n) is 4.06. The lowest BCUT2D eigenvalue weighted by Crippen LogP contribution is -2.48. The molecular formula is C25H35N3O5S. The van der Waals surface area contributed by atoms with E-state index >= 15 is 0 Å².